The number of rotatable bonds is 6. The molecule has 34 heavy (non-hydrogen) atoms. The molecule has 0 aromatic heterocycles. The second-order valence-corrected chi connectivity index (χ2v) is 9.24. The molecular weight excluding hydrogens is 506 g/mol. The summed E-state index contributed by atoms with van der Waals surface area (Å²) in [5.74, 6) is -0.539. The Morgan fingerprint density at radius 1 is 0.647 bits per heavy atom. The fourth-order valence-corrected chi connectivity index (χ4v) is 3.59. The van der Waals surface area contributed by atoms with E-state index in [0.29, 0.717) is 11.4 Å². The largest absolute Gasteiger partial charge is 1.00 e. The van der Waals surface area contributed by atoms with Gasteiger partial charge < -0.3 is 13.1 Å². The minimum Gasteiger partial charge on any atom is -1.00 e. The van der Waals surface area contributed by atoms with Crippen molar-refractivity contribution in [2.24, 2.45) is 9.98 Å². The van der Waals surface area contributed by atoms with Gasteiger partial charge in [0.2, 0.25) is 0 Å². The number of nitrogens with zero attached hydrogens (tertiary/aromatic N) is 2. The first-order valence-corrected chi connectivity index (χ1v) is 11.6. The van der Waals surface area contributed by atoms with Crippen LogP contribution >= 0.6 is 0 Å². The molecule has 170 valence electrons. The molecule has 0 radical (unpaired) electrons. The summed E-state index contributed by atoms with van der Waals surface area (Å²) < 4.78 is 63.5. The molecule has 0 heterocycles. The molecule has 0 saturated carbocycles. The Hall–Kier alpha value is -1.58. The van der Waals surface area contributed by atoms with Gasteiger partial charge in [0, 0.05) is 23.6 Å². The second kappa shape index (κ2) is 12.4. The average molecular weight is 524 g/mol. The van der Waals surface area contributed by atoms with Crippen LogP contribution in [0.25, 0.3) is 0 Å². The van der Waals surface area contributed by atoms with Crippen LogP contribution in [0.15, 0.2) is 80.4 Å². The smallest absolute Gasteiger partial charge is 1.00 e. The molecule has 0 atom stereocenters. The predicted molar refractivity (Wildman–Crippen MR) is 119 cm³/mol. The molecule has 14 heteroatoms. The Labute approximate surface area is 243 Å². The zero-order valence-corrected chi connectivity index (χ0v) is 23.7. The first-order chi connectivity index (χ1) is 14.9. The third-order valence-corrected chi connectivity index (χ3v) is 5.86. The number of phenols is 2. The summed E-state index contributed by atoms with van der Waals surface area (Å²) in [7, 11) is -8.94. The van der Waals surface area contributed by atoms with Gasteiger partial charge in [-0.25, -0.2) is 0 Å². The van der Waals surface area contributed by atoms with E-state index in [0.717, 1.165) is 36.4 Å². The minimum absolute atomic E-state index is 0. The van der Waals surface area contributed by atoms with Gasteiger partial charge in [-0.1, -0.05) is 12.1 Å². The van der Waals surface area contributed by atoms with Gasteiger partial charge in [-0.15, -0.1) is 0 Å². The van der Waals surface area contributed by atoms with Gasteiger partial charge in [0.05, 0.1) is 21.2 Å². The second-order valence-electron chi connectivity index (χ2n) is 6.40. The van der Waals surface area contributed by atoms with Crippen LogP contribution < -0.4 is 59.1 Å². The van der Waals surface area contributed by atoms with Crippen LogP contribution in [0.3, 0.4) is 0 Å². The van der Waals surface area contributed by atoms with Crippen molar-refractivity contribution in [1.29, 1.82) is 0 Å². The third kappa shape index (κ3) is 7.99. The van der Waals surface area contributed by atoms with Crippen LogP contribution in [-0.4, -0.2) is 48.6 Å². The molecule has 0 aliphatic heterocycles. The van der Waals surface area contributed by atoms with E-state index >= 15 is 0 Å². The number of para-hydroxylation sites is 2. The van der Waals surface area contributed by atoms with Gasteiger partial charge in [0.25, 0.3) is 20.2 Å². The van der Waals surface area contributed by atoms with E-state index in [-0.39, 0.29) is 84.6 Å². The van der Waals surface area contributed by atoms with E-state index in [9.17, 15) is 27.0 Å². The van der Waals surface area contributed by atoms with Crippen molar-refractivity contribution in [2.75, 3.05) is 0 Å². The molecule has 3 aromatic rings. The Morgan fingerprint density at radius 2 is 1.00 bits per heavy atom. The normalized spacial score (nSPS) is 11.8. The van der Waals surface area contributed by atoms with E-state index < -0.39 is 30.0 Å². The van der Waals surface area contributed by atoms with Gasteiger partial charge in [-0.3, -0.25) is 19.1 Å². The Bertz CT molecular complexity index is 1360. The maximum Gasteiger partial charge on any atom is 1.00 e. The number of phenolic OH excluding ortho intramolecular Hbond substituents is 2. The standard InChI is InChI=1S/C20H16N2O8S2.2Na.2H/c23-19-7-5-15(31(25,26)27)9-13(19)11-21-17-3-1-2-4-18(17)22-12-14-10-16(32(28,29)30)6-8-20(14)24;;;;/h1-12,23-24H,(H,25,26,27)(H,28,29,30);;;;/q;2*+1;2*-1. The molecule has 0 aliphatic carbocycles. The topological polar surface area (TPSA) is 174 Å². The number of benzene rings is 3. The van der Waals surface area contributed by atoms with Gasteiger partial charge in [0.1, 0.15) is 11.5 Å². The van der Waals surface area contributed by atoms with Crippen molar-refractivity contribution in [1.82, 2.24) is 0 Å². The molecule has 3 rings (SSSR count). The fraction of sp³-hybridized carbons (Fsp3) is 0. The van der Waals surface area contributed by atoms with Crippen LogP contribution in [-0.2, 0) is 20.2 Å². The summed E-state index contributed by atoms with van der Waals surface area (Å²) in [5.41, 5.74) is 0.645. The fourth-order valence-electron chi connectivity index (χ4n) is 2.55. The van der Waals surface area contributed by atoms with Gasteiger partial charge in [-0.05, 0) is 48.5 Å². The molecule has 4 N–H and O–H groups in total. The molecule has 0 spiro atoms. The number of hydrogen-bond acceptors (Lipinski definition) is 8. The minimum atomic E-state index is -4.47. The molecule has 0 fully saturated rings. The van der Waals surface area contributed by atoms with Crippen molar-refractivity contribution in [2.45, 2.75) is 9.79 Å². The van der Waals surface area contributed by atoms with E-state index in [2.05, 4.69) is 9.98 Å². The summed E-state index contributed by atoms with van der Waals surface area (Å²) in [5, 5.41) is 19.9. The zero-order chi connectivity index (χ0) is 23.5. The summed E-state index contributed by atoms with van der Waals surface area (Å²) in [4.78, 5) is 7.52. The number of hydrogen-bond donors (Lipinski definition) is 4. The van der Waals surface area contributed by atoms with E-state index in [1.54, 1.807) is 24.3 Å². The monoisotopic (exact) mass is 524 g/mol. The molecule has 0 saturated heterocycles. The molecule has 10 nitrogen and oxygen atoms in total. The first-order valence-electron chi connectivity index (χ1n) is 8.73. The quantitative estimate of drug-likeness (QED) is 0.153. The van der Waals surface area contributed by atoms with Gasteiger partial charge >= 0.3 is 59.1 Å². The predicted octanol–water partition coefficient (Wildman–Crippen LogP) is -2.67. The summed E-state index contributed by atoms with van der Waals surface area (Å²) >= 11 is 0. The summed E-state index contributed by atoms with van der Waals surface area (Å²) in [6.45, 7) is 0. The maximum absolute atomic E-state index is 11.3. The molecular formula is C20H18N2Na2O8S2. The Balaban J connectivity index is 0. The van der Waals surface area contributed by atoms with Gasteiger partial charge in [-0.2, -0.15) is 16.8 Å². The van der Waals surface area contributed by atoms with Crippen molar-refractivity contribution in [3.8, 4) is 11.5 Å². The van der Waals surface area contributed by atoms with E-state index in [1.165, 1.54) is 12.4 Å². The van der Waals surface area contributed by atoms with Crippen LogP contribution in [0.4, 0.5) is 11.4 Å². The number of aliphatic imine (C=N–C) groups is 2. The molecule has 0 bridgehead atoms. The molecule has 0 unspecified atom stereocenters. The van der Waals surface area contributed by atoms with Crippen LogP contribution in [0, 0.1) is 0 Å². The summed E-state index contributed by atoms with van der Waals surface area (Å²) in [6, 6.07) is 12.8. The molecule has 0 amide bonds. The van der Waals surface area contributed by atoms with Gasteiger partial charge in [0.15, 0.2) is 0 Å². The Morgan fingerprint density at radius 3 is 1.32 bits per heavy atom. The molecule has 3 aromatic carbocycles. The first kappa shape index (κ1) is 30.5. The van der Waals surface area contributed by atoms with Crippen molar-refractivity contribution in [3.05, 3.63) is 71.8 Å². The third-order valence-electron chi connectivity index (χ3n) is 4.16. The van der Waals surface area contributed by atoms with Crippen molar-refractivity contribution >= 4 is 44.0 Å². The number of aromatic hydroxyl groups is 2. The maximum atomic E-state index is 11.3. The Kier molecular flexibility index (Phi) is 11.1. The SMILES string of the molecule is O=S(=O)(O)c1ccc(O)c(C=Nc2ccccc2N=Cc2cc(S(=O)(=O)O)ccc2O)c1.[H-].[H-].[Na+].[Na+]. The average Bonchev–Trinajstić information content (AvgIpc) is 2.71. The van der Waals surface area contributed by atoms with Crippen molar-refractivity contribution in [3.63, 3.8) is 0 Å². The summed E-state index contributed by atoms with van der Waals surface area (Å²) in [6.07, 6.45) is 2.35. The van der Waals surface area contributed by atoms with Crippen LogP contribution in [0.2, 0.25) is 0 Å². The molecule has 0 aliphatic rings. The van der Waals surface area contributed by atoms with Crippen LogP contribution in [0.1, 0.15) is 14.0 Å². The zero-order valence-electron chi connectivity index (χ0n) is 20.1. The van der Waals surface area contributed by atoms with E-state index in [1.807, 2.05) is 0 Å². The van der Waals surface area contributed by atoms with Crippen molar-refractivity contribution < 1.29 is 98.1 Å². The van der Waals surface area contributed by atoms with E-state index in [4.69, 9.17) is 9.11 Å². The van der Waals surface area contributed by atoms with Crippen LogP contribution in [0.5, 0.6) is 11.5 Å².